The third-order valence-electron chi connectivity index (χ3n) is 0.771. The van der Waals surface area contributed by atoms with E-state index in [0.29, 0.717) is 0 Å². The van der Waals surface area contributed by atoms with Crippen molar-refractivity contribution in [3.8, 4) is 12.1 Å². The predicted molar refractivity (Wildman–Crippen MR) is 49.9 cm³/mol. The first kappa shape index (κ1) is 10.4. The first-order valence-corrected chi connectivity index (χ1v) is 5.59. The lowest BCUT2D eigenvalue weighted by atomic mass is 10.6. The van der Waals surface area contributed by atoms with Gasteiger partial charge in [-0.1, -0.05) is 21.6 Å². The summed E-state index contributed by atoms with van der Waals surface area (Å²) in [6, 6.07) is 3.33. The van der Waals surface area contributed by atoms with E-state index in [4.69, 9.17) is 10.5 Å². The van der Waals surface area contributed by atoms with Gasteiger partial charge in [-0.25, -0.2) is 0 Å². The van der Waals surface area contributed by atoms with Crippen molar-refractivity contribution in [2.24, 2.45) is 0 Å². The Labute approximate surface area is 74.7 Å². The van der Waals surface area contributed by atoms with Crippen LogP contribution in [0.1, 0.15) is 6.42 Å². The Kier molecular flexibility index (Phi) is 8.92. The molecule has 1 heterocycles. The SMILES string of the molecule is C1CSSC1.N#C/C=C\C#N. The maximum Gasteiger partial charge on any atom is 0.0919 e. The van der Waals surface area contributed by atoms with Gasteiger partial charge in [-0.15, -0.1) is 0 Å². The summed E-state index contributed by atoms with van der Waals surface area (Å²) in [5.74, 6) is 2.76. The van der Waals surface area contributed by atoms with Gasteiger partial charge in [-0.05, 0) is 6.42 Å². The molecule has 0 atom stereocenters. The topological polar surface area (TPSA) is 47.6 Å². The molecule has 1 aliphatic rings. The zero-order valence-corrected chi connectivity index (χ0v) is 7.62. The van der Waals surface area contributed by atoms with Crippen molar-refractivity contribution in [3.05, 3.63) is 12.2 Å². The van der Waals surface area contributed by atoms with E-state index in [9.17, 15) is 0 Å². The normalized spacial score (nSPS) is 14.7. The number of nitrogens with zero attached hydrogens (tertiary/aromatic N) is 2. The molecule has 1 fully saturated rings. The molecule has 0 aromatic rings. The van der Waals surface area contributed by atoms with Crippen LogP contribution < -0.4 is 0 Å². The Morgan fingerprint density at radius 3 is 1.64 bits per heavy atom. The Morgan fingerprint density at radius 2 is 1.45 bits per heavy atom. The second kappa shape index (κ2) is 9.42. The van der Waals surface area contributed by atoms with Gasteiger partial charge in [0.05, 0.1) is 12.1 Å². The highest BCUT2D eigenvalue weighted by Gasteiger charge is 1.96. The van der Waals surface area contributed by atoms with E-state index in [1.807, 2.05) is 21.6 Å². The lowest BCUT2D eigenvalue weighted by Gasteiger charge is -1.69. The Hall–Kier alpha value is -0.580. The van der Waals surface area contributed by atoms with Crippen LogP contribution in [0.15, 0.2) is 12.2 Å². The quantitative estimate of drug-likeness (QED) is 0.428. The molecule has 0 aliphatic carbocycles. The molecule has 0 amide bonds. The third kappa shape index (κ3) is 9.42. The van der Waals surface area contributed by atoms with Crippen LogP contribution >= 0.6 is 21.6 Å². The smallest absolute Gasteiger partial charge is 0.0919 e. The molecule has 0 saturated carbocycles. The monoisotopic (exact) mass is 184 g/mol. The van der Waals surface area contributed by atoms with Crippen molar-refractivity contribution in [3.63, 3.8) is 0 Å². The highest BCUT2D eigenvalue weighted by Crippen LogP contribution is 2.29. The van der Waals surface area contributed by atoms with Crippen molar-refractivity contribution in [1.82, 2.24) is 0 Å². The van der Waals surface area contributed by atoms with E-state index < -0.39 is 0 Å². The minimum Gasteiger partial charge on any atom is -0.193 e. The number of hydrogen-bond acceptors (Lipinski definition) is 4. The van der Waals surface area contributed by atoms with Crippen molar-refractivity contribution in [2.45, 2.75) is 6.42 Å². The fraction of sp³-hybridized carbons (Fsp3) is 0.429. The van der Waals surface area contributed by atoms with Crippen LogP contribution in [-0.2, 0) is 0 Å². The molecule has 0 aromatic carbocycles. The summed E-state index contributed by atoms with van der Waals surface area (Å²) >= 11 is 0. The van der Waals surface area contributed by atoms with Crippen LogP contribution in [0.2, 0.25) is 0 Å². The molecule has 0 radical (unpaired) electrons. The molecular weight excluding hydrogens is 176 g/mol. The lowest BCUT2D eigenvalue weighted by Crippen LogP contribution is -1.63. The first-order valence-electron chi connectivity index (χ1n) is 3.10. The van der Waals surface area contributed by atoms with Gasteiger partial charge in [-0.3, -0.25) is 0 Å². The van der Waals surface area contributed by atoms with Crippen LogP contribution in [0.4, 0.5) is 0 Å². The highest BCUT2D eigenvalue weighted by molar-refractivity contribution is 8.77. The molecule has 1 aliphatic heterocycles. The van der Waals surface area contributed by atoms with Crippen molar-refractivity contribution in [1.29, 1.82) is 10.5 Å². The molecule has 0 aromatic heterocycles. The van der Waals surface area contributed by atoms with Gasteiger partial charge in [0, 0.05) is 23.7 Å². The number of rotatable bonds is 0. The van der Waals surface area contributed by atoms with Gasteiger partial charge in [0.1, 0.15) is 0 Å². The number of nitriles is 2. The second-order valence-corrected chi connectivity index (χ2v) is 4.29. The predicted octanol–water partition coefficient (Wildman–Crippen LogP) is 2.36. The molecule has 0 unspecified atom stereocenters. The van der Waals surface area contributed by atoms with E-state index in [2.05, 4.69) is 0 Å². The van der Waals surface area contributed by atoms with Crippen LogP contribution in [0, 0.1) is 22.7 Å². The summed E-state index contributed by atoms with van der Waals surface area (Å²) in [5, 5.41) is 15.4. The molecule has 1 rings (SSSR count). The molecule has 11 heavy (non-hydrogen) atoms. The van der Waals surface area contributed by atoms with Gasteiger partial charge in [0.25, 0.3) is 0 Å². The Balaban J connectivity index is 0.000000183. The molecule has 1 saturated heterocycles. The standard InChI is InChI=1S/C4H2N2.C3H6S2/c5-3-1-2-4-6;1-2-4-5-3-1/h1-2H;1-3H2/b2-1-;. The zero-order chi connectivity index (χ0) is 8.36. The summed E-state index contributed by atoms with van der Waals surface area (Å²) in [6.07, 6.45) is 3.68. The fourth-order valence-electron chi connectivity index (χ4n) is 0.369. The molecule has 4 heteroatoms. The summed E-state index contributed by atoms with van der Waals surface area (Å²) in [7, 11) is 3.98. The van der Waals surface area contributed by atoms with Crippen LogP contribution in [0.3, 0.4) is 0 Å². The second-order valence-electron chi connectivity index (χ2n) is 1.59. The summed E-state index contributed by atoms with van der Waals surface area (Å²) in [6.45, 7) is 0. The average molecular weight is 184 g/mol. The van der Waals surface area contributed by atoms with E-state index >= 15 is 0 Å². The average Bonchev–Trinajstić information content (AvgIpc) is 2.57. The van der Waals surface area contributed by atoms with Crippen LogP contribution in [0.25, 0.3) is 0 Å². The summed E-state index contributed by atoms with van der Waals surface area (Å²) < 4.78 is 0. The van der Waals surface area contributed by atoms with Crippen LogP contribution in [-0.4, -0.2) is 11.5 Å². The first-order chi connectivity index (χ1) is 5.41. The van der Waals surface area contributed by atoms with Crippen molar-refractivity contribution < 1.29 is 0 Å². The van der Waals surface area contributed by atoms with Gasteiger partial charge in [-0.2, -0.15) is 10.5 Å². The number of hydrogen-bond donors (Lipinski definition) is 0. The minimum atomic E-state index is 1.12. The Bertz CT molecular complexity index is 160. The molecule has 0 spiro atoms. The van der Waals surface area contributed by atoms with Crippen molar-refractivity contribution >= 4 is 21.6 Å². The molecule has 0 N–H and O–H groups in total. The molecular formula is C7H8N2S2. The maximum absolute atomic E-state index is 7.71. The van der Waals surface area contributed by atoms with E-state index in [1.165, 1.54) is 17.9 Å². The van der Waals surface area contributed by atoms with Crippen molar-refractivity contribution in [2.75, 3.05) is 11.5 Å². The van der Waals surface area contributed by atoms with Gasteiger partial charge < -0.3 is 0 Å². The molecule has 2 nitrogen and oxygen atoms in total. The van der Waals surface area contributed by atoms with E-state index in [0.717, 1.165) is 12.2 Å². The lowest BCUT2D eigenvalue weighted by molar-refractivity contribution is 1.15. The fourth-order valence-corrected chi connectivity index (χ4v) is 2.73. The maximum atomic E-state index is 7.71. The van der Waals surface area contributed by atoms with E-state index in [-0.39, 0.29) is 0 Å². The molecule has 0 bridgehead atoms. The van der Waals surface area contributed by atoms with Crippen LogP contribution in [0.5, 0.6) is 0 Å². The summed E-state index contributed by atoms with van der Waals surface area (Å²) in [5.41, 5.74) is 0. The third-order valence-corrected chi connectivity index (χ3v) is 3.35. The van der Waals surface area contributed by atoms with Gasteiger partial charge in [0.15, 0.2) is 0 Å². The largest absolute Gasteiger partial charge is 0.193 e. The zero-order valence-electron chi connectivity index (χ0n) is 5.99. The van der Waals surface area contributed by atoms with E-state index in [1.54, 1.807) is 12.1 Å². The van der Waals surface area contributed by atoms with Gasteiger partial charge in [0.2, 0.25) is 0 Å². The summed E-state index contributed by atoms with van der Waals surface area (Å²) in [4.78, 5) is 0. The molecule has 58 valence electrons. The van der Waals surface area contributed by atoms with Gasteiger partial charge >= 0.3 is 0 Å². The number of allylic oxidation sites excluding steroid dienone is 2. The Morgan fingerprint density at radius 1 is 1.00 bits per heavy atom. The minimum absolute atomic E-state index is 1.12. The highest BCUT2D eigenvalue weighted by atomic mass is 33.1.